The lowest BCUT2D eigenvalue weighted by Crippen LogP contribution is -2.29. The number of carbonyl (C=O) groups is 2. The lowest BCUT2D eigenvalue weighted by molar-refractivity contribution is -0.122. The number of methoxy groups -OCH3 is 1. The lowest BCUT2D eigenvalue weighted by atomic mass is 10.0. The van der Waals surface area contributed by atoms with Crippen molar-refractivity contribution >= 4 is 11.9 Å². The van der Waals surface area contributed by atoms with Crippen molar-refractivity contribution in [2.24, 2.45) is 0 Å². The van der Waals surface area contributed by atoms with E-state index in [1.54, 1.807) is 12.1 Å². The summed E-state index contributed by atoms with van der Waals surface area (Å²) in [4.78, 5) is 23.6. The highest BCUT2D eigenvalue weighted by atomic mass is 16.5. The molecular weight excluding hydrogens is 310 g/mol. The van der Waals surface area contributed by atoms with E-state index in [9.17, 15) is 14.7 Å². The van der Waals surface area contributed by atoms with Crippen molar-refractivity contribution in [1.82, 2.24) is 5.32 Å². The fourth-order valence-electron chi connectivity index (χ4n) is 2.72. The third kappa shape index (κ3) is 3.03. The third-order valence-corrected chi connectivity index (χ3v) is 3.98. The van der Waals surface area contributed by atoms with Gasteiger partial charge in [0.05, 0.1) is 7.11 Å². The Morgan fingerprint density at radius 2 is 2.08 bits per heavy atom. The van der Waals surface area contributed by atoms with Crippen molar-refractivity contribution in [2.45, 2.75) is 12.5 Å². The number of ether oxygens (including phenoxy) is 2. The monoisotopic (exact) mass is 327 g/mol. The van der Waals surface area contributed by atoms with Gasteiger partial charge in [-0.15, -0.1) is 0 Å². The standard InChI is InChI=1S/C18H17NO5/c1-23-15-7-6-11(8-13(15)18(21)22)9-19-17(20)14-10-24-16-5-3-2-4-12(14)16/h2-8,14H,9-10H2,1H3,(H,19,20)(H,21,22)/t14-/m1/s1. The predicted octanol–water partition coefficient (Wildman–Crippen LogP) is 2.19. The van der Waals surface area contributed by atoms with Gasteiger partial charge in [0.2, 0.25) is 5.91 Å². The van der Waals surface area contributed by atoms with Crippen LogP contribution < -0.4 is 14.8 Å². The fourth-order valence-corrected chi connectivity index (χ4v) is 2.72. The van der Waals surface area contributed by atoms with Crippen LogP contribution >= 0.6 is 0 Å². The minimum absolute atomic E-state index is 0.0683. The summed E-state index contributed by atoms with van der Waals surface area (Å²) in [6.07, 6.45) is 0. The summed E-state index contributed by atoms with van der Waals surface area (Å²) in [5.41, 5.74) is 1.63. The summed E-state index contributed by atoms with van der Waals surface area (Å²) in [5, 5.41) is 12.0. The topological polar surface area (TPSA) is 84.9 Å². The molecule has 1 aliphatic rings. The van der Waals surface area contributed by atoms with Crippen molar-refractivity contribution in [3.8, 4) is 11.5 Å². The van der Waals surface area contributed by atoms with Crippen LogP contribution in [-0.2, 0) is 11.3 Å². The van der Waals surface area contributed by atoms with E-state index in [2.05, 4.69) is 5.32 Å². The number of carbonyl (C=O) groups excluding carboxylic acids is 1. The predicted molar refractivity (Wildman–Crippen MR) is 86.5 cm³/mol. The number of carboxylic acid groups (broad SMARTS) is 1. The van der Waals surface area contributed by atoms with E-state index in [4.69, 9.17) is 9.47 Å². The van der Waals surface area contributed by atoms with Crippen LogP contribution in [0.25, 0.3) is 0 Å². The molecule has 24 heavy (non-hydrogen) atoms. The second-order valence-corrected chi connectivity index (χ2v) is 5.46. The molecule has 2 N–H and O–H groups in total. The summed E-state index contributed by atoms with van der Waals surface area (Å²) in [5.74, 6) is -0.546. The highest BCUT2D eigenvalue weighted by Crippen LogP contribution is 2.33. The second-order valence-electron chi connectivity index (χ2n) is 5.46. The van der Waals surface area contributed by atoms with E-state index in [1.165, 1.54) is 13.2 Å². The molecule has 0 aliphatic carbocycles. The molecule has 1 aliphatic heterocycles. The van der Waals surface area contributed by atoms with Crippen molar-refractivity contribution in [2.75, 3.05) is 13.7 Å². The number of hydrogen-bond acceptors (Lipinski definition) is 4. The van der Waals surface area contributed by atoms with Crippen molar-refractivity contribution < 1.29 is 24.2 Å². The number of nitrogens with one attached hydrogen (secondary N) is 1. The molecule has 6 nitrogen and oxygen atoms in total. The number of hydrogen-bond donors (Lipinski definition) is 2. The molecule has 0 saturated heterocycles. The number of rotatable bonds is 5. The van der Waals surface area contributed by atoms with Gasteiger partial charge in [-0.3, -0.25) is 4.79 Å². The average Bonchev–Trinajstić information content (AvgIpc) is 3.03. The first-order chi connectivity index (χ1) is 11.6. The number of fused-ring (bicyclic) bond motifs is 1. The molecule has 1 amide bonds. The highest BCUT2D eigenvalue weighted by Gasteiger charge is 2.29. The smallest absolute Gasteiger partial charge is 0.339 e. The number of carboxylic acids is 1. The molecule has 0 fully saturated rings. The molecule has 2 aromatic rings. The van der Waals surface area contributed by atoms with Crippen molar-refractivity contribution in [3.63, 3.8) is 0 Å². The average molecular weight is 327 g/mol. The first-order valence-electron chi connectivity index (χ1n) is 7.50. The van der Waals surface area contributed by atoms with Crippen LogP contribution in [0, 0.1) is 0 Å². The normalized spacial score (nSPS) is 15.3. The fraction of sp³-hybridized carbons (Fsp3) is 0.222. The largest absolute Gasteiger partial charge is 0.496 e. The van der Waals surface area contributed by atoms with Crippen molar-refractivity contribution in [3.05, 3.63) is 59.2 Å². The van der Waals surface area contributed by atoms with Gasteiger partial charge in [-0.05, 0) is 23.8 Å². The molecule has 1 heterocycles. The third-order valence-electron chi connectivity index (χ3n) is 3.98. The van der Waals surface area contributed by atoms with Gasteiger partial charge in [0.15, 0.2) is 0 Å². The minimum Gasteiger partial charge on any atom is -0.496 e. The molecule has 3 rings (SSSR count). The van der Waals surface area contributed by atoms with Gasteiger partial charge >= 0.3 is 5.97 Å². The summed E-state index contributed by atoms with van der Waals surface area (Å²) in [6, 6.07) is 12.3. The SMILES string of the molecule is COc1ccc(CNC(=O)[C@@H]2COc3ccccc32)cc1C(=O)O. The second kappa shape index (κ2) is 6.62. The molecule has 0 saturated carbocycles. The van der Waals surface area contributed by atoms with Crippen molar-refractivity contribution in [1.29, 1.82) is 0 Å². The number of para-hydroxylation sites is 1. The van der Waals surface area contributed by atoms with Crippen LogP contribution in [0.3, 0.4) is 0 Å². The Hall–Kier alpha value is -3.02. The van der Waals surface area contributed by atoms with Crippen LogP contribution in [0.4, 0.5) is 0 Å². The van der Waals surface area contributed by atoms with Gasteiger partial charge in [-0.1, -0.05) is 24.3 Å². The molecule has 124 valence electrons. The molecule has 0 unspecified atom stereocenters. The summed E-state index contributed by atoms with van der Waals surface area (Å²) < 4.78 is 10.5. The van der Waals surface area contributed by atoms with Gasteiger partial charge in [-0.2, -0.15) is 0 Å². The molecule has 1 atom stereocenters. The molecule has 0 spiro atoms. The lowest BCUT2D eigenvalue weighted by Gasteiger charge is -2.12. The van der Waals surface area contributed by atoms with E-state index in [0.717, 1.165) is 11.3 Å². The Balaban J connectivity index is 1.69. The molecular formula is C18H17NO5. The van der Waals surface area contributed by atoms with Crippen LogP contribution in [0.5, 0.6) is 11.5 Å². The van der Waals surface area contributed by atoms with Crippen LogP contribution in [0.15, 0.2) is 42.5 Å². The number of amides is 1. The Kier molecular flexibility index (Phi) is 4.37. The Morgan fingerprint density at radius 1 is 1.29 bits per heavy atom. The van der Waals surface area contributed by atoms with Crippen LogP contribution in [0.1, 0.15) is 27.4 Å². The first-order valence-corrected chi connectivity index (χ1v) is 7.50. The maximum atomic E-state index is 12.4. The van der Waals surface area contributed by atoms with E-state index in [1.807, 2.05) is 24.3 Å². The maximum absolute atomic E-state index is 12.4. The van der Waals surface area contributed by atoms with E-state index in [0.29, 0.717) is 12.2 Å². The van der Waals surface area contributed by atoms with E-state index < -0.39 is 5.97 Å². The van der Waals surface area contributed by atoms with E-state index in [-0.39, 0.29) is 29.7 Å². The molecule has 6 heteroatoms. The Morgan fingerprint density at radius 3 is 2.83 bits per heavy atom. The zero-order chi connectivity index (χ0) is 17.1. The molecule has 2 aromatic carbocycles. The Labute approximate surface area is 139 Å². The quantitative estimate of drug-likeness (QED) is 0.879. The number of aromatic carboxylic acids is 1. The summed E-state index contributed by atoms with van der Waals surface area (Å²) in [7, 11) is 1.42. The maximum Gasteiger partial charge on any atom is 0.339 e. The zero-order valence-electron chi connectivity index (χ0n) is 13.1. The van der Waals surface area contributed by atoms with Crippen LogP contribution in [0.2, 0.25) is 0 Å². The van der Waals surface area contributed by atoms with Gasteiger partial charge in [0.25, 0.3) is 0 Å². The van der Waals surface area contributed by atoms with E-state index >= 15 is 0 Å². The van der Waals surface area contributed by atoms with Gasteiger partial charge in [0, 0.05) is 12.1 Å². The minimum atomic E-state index is -1.07. The van der Waals surface area contributed by atoms with Gasteiger partial charge in [-0.25, -0.2) is 4.79 Å². The summed E-state index contributed by atoms with van der Waals surface area (Å²) >= 11 is 0. The van der Waals surface area contributed by atoms with Gasteiger partial charge in [0.1, 0.15) is 29.6 Å². The first kappa shape index (κ1) is 15.9. The Bertz CT molecular complexity index is 787. The summed E-state index contributed by atoms with van der Waals surface area (Å²) in [6.45, 7) is 0.552. The molecule has 0 bridgehead atoms. The molecule has 0 aromatic heterocycles. The zero-order valence-corrected chi connectivity index (χ0v) is 13.1. The molecule has 0 radical (unpaired) electrons. The van der Waals surface area contributed by atoms with Crippen LogP contribution in [-0.4, -0.2) is 30.7 Å². The van der Waals surface area contributed by atoms with Gasteiger partial charge < -0.3 is 19.9 Å². The number of benzene rings is 2. The highest BCUT2D eigenvalue weighted by molar-refractivity contribution is 5.91.